The summed E-state index contributed by atoms with van der Waals surface area (Å²) in [4.78, 5) is 18.6. The van der Waals surface area contributed by atoms with Crippen LogP contribution in [0.4, 0.5) is 11.4 Å². The fourth-order valence-electron chi connectivity index (χ4n) is 3.41. The molecule has 2 aromatic rings. The molecule has 0 aliphatic carbocycles. The second kappa shape index (κ2) is 8.04. The number of para-hydroxylation sites is 2. The number of hydrogen-bond donors (Lipinski definition) is 2. The standard InChI is InChI=1S/C21H26N4O/c1-3-15-9-7-10-16(4-2)20(15)24-21(22)23-14-19(26)25-13-12-17-8-5-6-11-18(17)25/h5-11H,3-4,12-14H2,1-2H3,(H3,22,23,24). The monoisotopic (exact) mass is 350 g/mol. The lowest BCUT2D eigenvalue weighted by Gasteiger charge is -2.17. The minimum absolute atomic E-state index is 0.0285. The maximum atomic E-state index is 12.5. The molecule has 5 heteroatoms. The number of nitrogens with two attached hydrogens (primary N) is 1. The van der Waals surface area contributed by atoms with E-state index in [2.05, 4.69) is 48.4 Å². The number of hydrogen-bond acceptors (Lipinski definition) is 2. The van der Waals surface area contributed by atoms with Gasteiger partial charge < -0.3 is 16.0 Å². The highest BCUT2D eigenvalue weighted by molar-refractivity contribution is 6.00. The predicted octanol–water partition coefficient (Wildman–Crippen LogP) is 3.13. The molecule has 3 rings (SSSR count). The Balaban J connectivity index is 1.69. The van der Waals surface area contributed by atoms with E-state index in [0.717, 1.165) is 30.6 Å². The molecule has 0 spiro atoms. The molecule has 1 aliphatic heterocycles. The van der Waals surface area contributed by atoms with Crippen molar-refractivity contribution in [1.82, 2.24) is 0 Å². The molecule has 1 amide bonds. The Labute approximate surface area is 154 Å². The van der Waals surface area contributed by atoms with Crippen LogP contribution in [0.3, 0.4) is 0 Å². The van der Waals surface area contributed by atoms with Crippen LogP contribution in [0.1, 0.15) is 30.5 Å². The molecule has 0 saturated heterocycles. The quantitative estimate of drug-likeness (QED) is 0.643. The number of anilines is 2. The second-order valence-electron chi connectivity index (χ2n) is 6.41. The zero-order valence-electron chi connectivity index (χ0n) is 15.5. The molecule has 26 heavy (non-hydrogen) atoms. The van der Waals surface area contributed by atoms with Gasteiger partial charge in [0.05, 0.1) is 0 Å². The maximum Gasteiger partial charge on any atom is 0.248 e. The summed E-state index contributed by atoms with van der Waals surface area (Å²) in [6.45, 7) is 4.98. The predicted molar refractivity (Wildman–Crippen MR) is 108 cm³/mol. The van der Waals surface area contributed by atoms with Crippen molar-refractivity contribution >= 4 is 23.2 Å². The average Bonchev–Trinajstić information content (AvgIpc) is 3.10. The number of guanidine groups is 1. The van der Waals surface area contributed by atoms with Gasteiger partial charge in [-0.25, -0.2) is 4.99 Å². The van der Waals surface area contributed by atoms with Crippen molar-refractivity contribution in [3.05, 3.63) is 59.2 Å². The van der Waals surface area contributed by atoms with Gasteiger partial charge >= 0.3 is 0 Å². The number of carbonyl (C=O) groups excluding carboxylic acids is 1. The molecule has 0 atom stereocenters. The van der Waals surface area contributed by atoms with Gasteiger partial charge in [0.2, 0.25) is 5.91 Å². The fraction of sp³-hybridized carbons (Fsp3) is 0.333. The second-order valence-corrected chi connectivity index (χ2v) is 6.41. The van der Waals surface area contributed by atoms with Crippen LogP contribution in [0, 0.1) is 0 Å². The van der Waals surface area contributed by atoms with Crippen LogP contribution in [0.5, 0.6) is 0 Å². The average molecular weight is 350 g/mol. The summed E-state index contributed by atoms with van der Waals surface area (Å²) < 4.78 is 0. The first-order valence-electron chi connectivity index (χ1n) is 9.20. The number of amides is 1. The van der Waals surface area contributed by atoms with Crippen molar-refractivity contribution in [2.24, 2.45) is 10.7 Å². The lowest BCUT2D eigenvalue weighted by atomic mass is 10.0. The topological polar surface area (TPSA) is 70.7 Å². The van der Waals surface area contributed by atoms with Gasteiger partial charge in [-0.15, -0.1) is 0 Å². The molecule has 2 aromatic carbocycles. The Hall–Kier alpha value is -2.82. The minimum atomic E-state index is -0.0285. The molecular formula is C21H26N4O. The van der Waals surface area contributed by atoms with Gasteiger partial charge in [0, 0.05) is 17.9 Å². The van der Waals surface area contributed by atoms with Crippen molar-refractivity contribution in [2.45, 2.75) is 33.1 Å². The molecule has 0 fully saturated rings. The van der Waals surface area contributed by atoms with Crippen LogP contribution in [0.15, 0.2) is 47.5 Å². The number of fused-ring (bicyclic) bond motifs is 1. The minimum Gasteiger partial charge on any atom is -0.370 e. The third-order valence-electron chi connectivity index (χ3n) is 4.82. The summed E-state index contributed by atoms with van der Waals surface area (Å²) >= 11 is 0. The Morgan fingerprint density at radius 3 is 2.50 bits per heavy atom. The highest BCUT2D eigenvalue weighted by Gasteiger charge is 2.23. The molecule has 136 valence electrons. The summed E-state index contributed by atoms with van der Waals surface area (Å²) in [5, 5.41) is 3.20. The summed E-state index contributed by atoms with van der Waals surface area (Å²) in [5.74, 6) is 0.251. The first kappa shape index (κ1) is 18.0. The number of nitrogens with zero attached hydrogens (tertiary/aromatic N) is 2. The number of carbonyl (C=O) groups is 1. The number of aliphatic imine (C=N–C) groups is 1. The summed E-state index contributed by atoms with van der Waals surface area (Å²) in [6, 6.07) is 14.2. The molecule has 0 bridgehead atoms. The number of rotatable bonds is 5. The van der Waals surface area contributed by atoms with Crippen molar-refractivity contribution in [3.63, 3.8) is 0 Å². The van der Waals surface area contributed by atoms with E-state index in [1.54, 1.807) is 4.90 Å². The normalized spacial score (nSPS) is 13.6. The van der Waals surface area contributed by atoms with Gasteiger partial charge in [-0.05, 0) is 42.0 Å². The SMILES string of the molecule is CCc1cccc(CC)c1NC(N)=NCC(=O)N1CCc2ccccc21. The summed E-state index contributed by atoms with van der Waals surface area (Å²) in [5.41, 5.74) is 11.7. The van der Waals surface area contributed by atoms with Gasteiger partial charge in [0.1, 0.15) is 6.54 Å². The molecular weight excluding hydrogens is 324 g/mol. The molecule has 0 radical (unpaired) electrons. The smallest absolute Gasteiger partial charge is 0.248 e. The zero-order chi connectivity index (χ0) is 18.5. The number of benzene rings is 2. The van der Waals surface area contributed by atoms with Crippen LogP contribution in [0.25, 0.3) is 0 Å². The van der Waals surface area contributed by atoms with Crippen molar-refractivity contribution in [2.75, 3.05) is 23.3 Å². The van der Waals surface area contributed by atoms with Gasteiger partial charge in [-0.1, -0.05) is 50.2 Å². The largest absolute Gasteiger partial charge is 0.370 e. The Bertz CT molecular complexity index is 806. The number of nitrogens with one attached hydrogen (secondary N) is 1. The molecule has 1 heterocycles. The molecule has 1 aliphatic rings. The lowest BCUT2D eigenvalue weighted by molar-refractivity contribution is -0.117. The van der Waals surface area contributed by atoms with E-state index in [0.29, 0.717) is 6.54 Å². The number of aryl methyl sites for hydroxylation is 2. The van der Waals surface area contributed by atoms with Crippen LogP contribution >= 0.6 is 0 Å². The van der Waals surface area contributed by atoms with Gasteiger partial charge in [0.25, 0.3) is 0 Å². The van der Waals surface area contributed by atoms with E-state index in [1.165, 1.54) is 16.7 Å². The van der Waals surface area contributed by atoms with E-state index in [9.17, 15) is 4.79 Å². The Kier molecular flexibility index (Phi) is 5.56. The van der Waals surface area contributed by atoms with E-state index in [-0.39, 0.29) is 18.4 Å². The Morgan fingerprint density at radius 1 is 1.12 bits per heavy atom. The van der Waals surface area contributed by atoms with Gasteiger partial charge in [-0.2, -0.15) is 0 Å². The van der Waals surface area contributed by atoms with Gasteiger partial charge in [-0.3, -0.25) is 4.79 Å². The molecule has 0 saturated carbocycles. The van der Waals surface area contributed by atoms with Crippen molar-refractivity contribution in [1.29, 1.82) is 0 Å². The zero-order valence-corrected chi connectivity index (χ0v) is 15.5. The first-order chi connectivity index (χ1) is 12.6. The van der Waals surface area contributed by atoms with E-state index < -0.39 is 0 Å². The molecule has 0 aromatic heterocycles. The molecule has 3 N–H and O–H groups in total. The molecule has 0 unspecified atom stereocenters. The van der Waals surface area contributed by atoms with Crippen LogP contribution in [-0.2, 0) is 24.1 Å². The first-order valence-corrected chi connectivity index (χ1v) is 9.20. The van der Waals surface area contributed by atoms with Crippen LogP contribution < -0.4 is 16.0 Å². The summed E-state index contributed by atoms with van der Waals surface area (Å²) in [7, 11) is 0. The summed E-state index contributed by atoms with van der Waals surface area (Å²) in [6.07, 6.45) is 2.71. The van der Waals surface area contributed by atoms with Crippen molar-refractivity contribution in [3.8, 4) is 0 Å². The van der Waals surface area contributed by atoms with E-state index >= 15 is 0 Å². The third kappa shape index (κ3) is 3.72. The van der Waals surface area contributed by atoms with E-state index in [1.807, 2.05) is 18.2 Å². The fourth-order valence-corrected chi connectivity index (χ4v) is 3.41. The van der Waals surface area contributed by atoms with Crippen LogP contribution in [0.2, 0.25) is 0 Å². The van der Waals surface area contributed by atoms with Crippen LogP contribution in [-0.4, -0.2) is 25.0 Å². The maximum absolute atomic E-state index is 12.5. The van der Waals surface area contributed by atoms with Gasteiger partial charge in [0.15, 0.2) is 5.96 Å². The van der Waals surface area contributed by atoms with Crippen molar-refractivity contribution < 1.29 is 4.79 Å². The molecule has 5 nitrogen and oxygen atoms in total. The highest BCUT2D eigenvalue weighted by atomic mass is 16.2. The lowest BCUT2D eigenvalue weighted by Crippen LogP contribution is -2.33. The van der Waals surface area contributed by atoms with E-state index in [4.69, 9.17) is 5.73 Å². The highest BCUT2D eigenvalue weighted by Crippen LogP contribution is 2.27. The Morgan fingerprint density at radius 2 is 1.81 bits per heavy atom. The third-order valence-corrected chi connectivity index (χ3v) is 4.82.